The third-order valence-corrected chi connectivity index (χ3v) is 2.37. The maximum atomic E-state index is 10.8. The van der Waals surface area contributed by atoms with Crippen molar-refractivity contribution >= 4 is 32.5 Å². The molecular formula is C8H3BrN4O2. The summed E-state index contributed by atoms with van der Waals surface area (Å²) in [6, 6.07) is 4.78. The van der Waals surface area contributed by atoms with Crippen LogP contribution < -0.4 is 0 Å². The molecular weight excluding hydrogens is 264 g/mol. The van der Waals surface area contributed by atoms with E-state index in [2.05, 4.69) is 26.1 Å². The molecule has 15 heavy (non-hydrogen) atoms. The van der Waals surface area contributed by atoms with Crippen molar-refractivity contribution in [2.45, 2.75) is 0 Å². The van der Waals surface area contributed by atoms with E-state index in [0.29, 0.717) is 9.99 Å². The number of hydrogen-bond donors (Lipinski definition) is 1. The first-order chi connectivity index (χ1) is 7.13. The summed E-state index contributed by atoms with van der Waals surface area (Å²) in [5.41, 5.74) is 0.363. The Balaban J connectivity index is 2.93. The molecule has 2 aromatic rings. The highest BCUT2D eigenvalue weighted by molar-refractivity contribution is 9.10. The van der Waals surface area contributed by atoms with Gasteiger partial charge in [0.05, 0.1) is 10.4 Å². The Kier molecular flexibility index (Phi) is 2.13. The molecule has 7 heteroatoms. The lowest BCUT2D eigenvalue weighted by atomic mass is 10.2. The normalized spacial score (nSPS) is 10.1. The van der Waals surface area contributed by atoms with Gasteiger partial charge in [0.2, 0.25) is 0 Å². The van der Waals surface area contributed by atoms with Gasteiger partial charge in [0.15, 0.2) is 5.69 Å². The number of nitrogens with one attached hydrogen (secondary N) is 1. The molecule has 1 N–H and O–H groups in total. The fraction of sp³-hybridized carbons (Fsp3) is 0. The van der Waals surface area contributed by atoms with Crippen molar-refractivity contribution in [1.29, 1.82) is 5.26 Å². The molecule has 6 nitrogen and oxygen atoms in total. The number of rotatable bonds is 1. The predicted molar refractivity (Wildman–Crippen MR) is 55.2 cm³/mol. The topological polar surface area (TPSA) is 95.6 Å². The summed E-state index contributed by atoms with van der Waals surface area (Å²) in [5.74, 6) is 0. The van der Waals surface area contributed by atoms with Crippen LogP contribution in [0.4, 0.5) is 5.69 Å². The van der Waals surface area contributed by atoms with Crippen molar-refractivity contribution in [1.82, 2.24) is 10.2 Å². The van der Waals surface area contributed by atoms with Gasteiger partial charge < -0.3 is 0 Å². The first-order valence-corrected chi connectivity index (χ1v) is 4.65. The van der Waals surface area contributed by atoms with E-state index in [0.717, 1.165) is 0 Å². The zero-order chi connectivity index (χ0) is 11.0. The smallest absolute Gasteiger partial charge is 0.276 e. The Morgan fingerprint density at radius 1 is 1.60 bits per heavy atom. The first-order valence-electron chi connectivity index (χ1n) is 3.85. The second kappa shape index (κ2) is 3.33. The molecule has 0 aliphatic heterocycles. The number of non-ortho nitro benzene ring substituents is 1. The van der Waals surface area contributed by atoms with Crippen molar-refractivity contribution in [3.8, 4) is 6.07 Å². The highest BCUT2D eigenvalue weighted by atomic mass is 79.9. The van der Waals surface area contributed by atoms with Gasteiger partial charge in [-0.1, -0.05) is 15.9 Å². The number of nitro benzene ring substituents is 1. The van der Waals surface area contributed by atoms with Crippen LogP contribution in [0.25, 0.3) is 10.9 Å². The molecule has 0 unspecified atom stereocenters. The van der Waals surface area contributed by atoms with Crippen LogP contribution in [0.15, 0.2) is 16.6 Å². The monoisotopic (exact) mass is 266 g/mol. The quantitative estimate of drug-likeness (QED) is 0.632. The molecule has 0 saturated carbocycles. The fourth-order valence-corrected chi connectivity index (χ4v) is 1.77. The molecule has 0 bridgehead atoms. The number of nitriles is 1. The van der Waals surface area contributed by atoms with Crippen molar-refractivity contribution in [3.05, 3.63) is 32.4 Å². The van der Waals surface area contributed by atoms with Crippen LogP contribution in [-0.2, 0) is 0 Å². The molecule has 1 aromatic carbocycles. The summed E-state index contributed by atoms with van der Waals surface area (Å²) in [6.07, 6.45) is 0. The van der Waals surface area contributed by atoms with Gasteiger partial charge in [0, 0.05) is 10.5 Å². The van der Waals surface area contributed by atoms with Crippen molar-refractivity contribution in [2.24, 2.45) is 0 Å². The SMILES string of the molecule is N#Cc1n[nH]c2cc(Br)cc([N+](=O)[O-])c12. The standard InChI is InChI=1S/C8H3BrN4O2/c9-4-1-5-8(6(3-10)12-11-5)7(2-4)13(14)15/h1-2H,(H,11,12). The molecule has 0 fully saturated rings. The van der Waals surface area contributed by atoms with E-state index in [1.807, 2.05) is 0 Å². The van der Waals surface area contributed by atoms with Crippen LogP contribution in [-0.4, -0.2) is 15.1 Å². The van der Waals surface area contributed by atoms with Crippen LogP contribution in [0, 0.1) is 21.4 Å². The molecule has 0 aliphatic carbocycles. The molecule has 0 amide bonds. The molecule has 0 aliphatic rings. The van der Waals surface area contributed by atoms with Gasteiger partial charge in [-0.15, -0.1) is 0 Å². The van der Waals surface area contributed by atoms with Crippen LogP contribution >= 0.6 is 15.9 Å². The lowest BCUT2D eigenvalue weighted by Crippen LogP contribution is -1.89. The van der Waals surface area contributed by atoms with Crippen LogP contribution in [0.1, 0.15) is 5.69 Å². The fourth-order valence-electron chi connectivity index (χ4n) is 1.33. The van der Waals surface area contributed by atoms with Gasteiger partial charge in [0.1, 0.15) is 11.5 Å². The Labute approximate surface area is 91.8 Å². The summed E-state index contributed by atoms with van der Waals surface area (Å²) >= 11 is 3.15. The number of nitro groups is 1. The number of H-pyrrole nitrogens is 1. The van der Waals surface area contributed by atoms with Crippen molar-refractivity contribution < 1.29 is 4.92 Å². The summed E-state index contributed by atoms with van der Waals surface area (Å²) in [4.78, 5) is 10.2. The molecule has 1 heterocycles. The third-order valence-electron chi connectivity index (χ3n) is 1.91. The largest absolute Gasteiger partial charge is 0.282 e. The van der Waals surface area contributed by atoms with Crippen molar-refractivity contribution in [3.63, 3.8) is 0 Å². The van der Waals surface area contributed by atoms with Gasteiger partial charge >= 0.3 is 0 Å². The number of fused-ring (bicyclic) bond motifs is 1. The molecule has 1 aromatic heterocycles. The molecule has 2 rings (SSSR count). The number of nitrogens with zero attached hydrogens (tertiary/aromatic N) is 3. The number of aromatic nitrogens is 2. The second-order valence-electron chi connectivity index (χ2n) is 2.79. The summed E-state index contributed by atoms with van der Waals surface area (Å²) in [7, 11) is 0. The summed E-state index contributed by atoms with van der Waals surface area (Å²) < 4.78 is 0.565. The van der Waals surface area contributed by atoms with Gasteiger partial charge in [-0.05, 0) is 6.07 Å². The van der Waals surface area contributed by atoms with E-state index in [1.165, 1.54) is 6.07 Å². The minimum atomic E-state index is -0.538. The maximum absolute atomic E-state index is 10.8. The average molecular weight is 267 g/mol. The number of aromatic amines is 1. The van der Waals surface area contributed by atoms with Crippen LogP contribution in [0.5, 0.6) is 0 Å². The van der Waals surface area contributed by atoms with E-state index < -0.39 is 4.92 Å². The highest BCUT2D eigenvalue weighted by Crippen LogP contribution is 2.30. The van der Waals surface area contributed by atoms with Crippen LogP contribution in [0.3, 0.4) is 0 Å². The lowest BCUT2D eigenvalue weighted by Gasteiger charge is -1.94. The van der Waals surface area contributed by atoms with Gasteiger partial charge in [-0.3, -0.25) is 15.2 Å². The Morgan fingerprint density at radius 2 is 2.33 bits per heavy atom. The minimum absolute atomic E-state index is 0.0317. The Hall–Kier alpha value is -1.94. The molecule has 0 atom stereocenters. The average Bonchev–Trinajstić information content (AvgIpc) is 2.58. The van der Waals surface area contributed by atoms with E-state index >= 15 is 0 Å². The zero-order valence-corrected chi connectivity index (χ0v) is 8.78. The molecule has 0 radical (unpaired) electrons. The zero-order valence-electron chi connectivity index (χ0n) is 7.19. The van der Waals surface area contributed by atoms with Gasteiger partial charge in [-0.25, -0.2) is 0 Å². The van der Waals surface area contributed by atoms with E-state index in [9.17, 15) is 10.1 Å². The molecule has 0 saturated heterocycles. The second-order valence-corrected chi connectivity index (χ2v) is 3.70. The van der Waals surface area contributed by atoms with E-state index in [4.69, 9.17) is 5.26 Å². The third kappa shape index (κ3) is 1.45. The lowest BCUT2D eigenvalue weighted by molar-refractivity contribution is -0.383. The molecule has 74 valence electrons. The molecule has 0 spiro atoms. The number of benzene rings is 1. The van der Waals surface area contributed by atoms with Crippen molar-refractivity contribution in [2.75, 3.05) is 0 Å². The van der Waals surface area contributed by atoms with Gasteiger partial charge in [-0.2, -0.15) is 10.4 Å². The van der Waals surface area contributed by atoms with Gasteiger partial charge in [0.25, 0.3) is 5.69 Å². The maximum Gasteiger partial charge on any atom is 0.282 e. The minimum Gasteiger partial charge on any atom is -0.276 e. The van der Waals surface area contributed by atoms with E-state index in [1.54, 1.807) is 12.1 Å². The Morgan fingerprint density at radius 3 is 2.93 bits per heavy atom. The highest BCUT2D eigenvalue weighted by Gasteiger charge is 2.19. The predicted octanol–water partition coefficient (Wildman–Crippen LogP) is 2.11. The van der Waals surface area contributed by atoms with Crippen LogP contribution in [0.2, 0.25) is 0 Å². The Bertz CT molecular complexity index is 598. The first kappa shape index (κ1) is 9.61. The number of halogens is 1. The summed E-state index contributed by atoms with van der Waals surface area (Å²) in [6.45, 7) is 0. The number of hydrogen-bond acceptors (Lipinski definition) is 4. The van der Waals surface area contributed by atoms with E-state index in [-0.39, 0.29) is 16.8 Å². The summed E-state index contributed by atoms with van der Waals surface area (Å²) in [5, 5.41) is 26.0.